The summed E-state index contributed by atoms with van der Waals surface area (Å²) in [6, 6.07) is 8.20. The predicted molar refractivity (Wildman–Crippen MR) is 91.6 cm³/mol. The summed E-state index contributed by atoms with van der Waals surface area (Å²) in [5.41, 5.74) is 1.04. The van der Waals surface area contributed by atoms with Crippen LogP contribution in [0.4, 0.5) is 17.2 Å². The monoisotopic (exact) mass is 345 g/mol. The second-order valence-corrected chi connectivity index (χ2v) is 5.91. The number of non-ortho nitro benzene ring substituents is 1. The number of rotatable bonds is 5. The maximum Gasteiger partial charge on any atom is 0.269 e. The molecule has 25 heavy (non-hydrogen) atoms. The molecule has 1 aliphatic heterocycles. The molecular formula is C16H19N5O4. The summed E-state index contributed by atoms with van der Waals surface area (Å²) in [5.74, 6) is 0.941. The normalized spacial score (nSPS) is 15.2. The summed E-state index contributed by atoms with van der Waals surface area (Å²) in [6.07, 6.45) is 0. The molecule has 0 spiro atoms. The van der Waals surface area contributed by atoms with Gasteiger partial charge in [-0.25, -0.2) is 0 Å². The van der Waals surface area contributed by atoms with Gasteiger partial charge in [-0.3, -0.25) is 19.8 Å². The molecule has 1 saturated heterocycles. The average molecular weight is 345 g/mol. The van der Waals surface area contributed by atoms with E-state index in [4.69, 9.17) is 4.52 Å². The van der Waals surface area contributed by atoms with E-state index in [1.54, 1.807) is 25.1 Å². The zero-order chi connectivity index (χ0) is 17.8. The Kier molecular flexibility index (Phi) is 4.94. The maximum absolute atomic E-state index is 12.0. The van der Waals surface area contributed by atoms with Gasteiger partial charge in [0.05, 0.1) is 11.5 Å². The zero-order valence-electron chi connectivity index (χ0n) is 13.8. The number of amides is 1. The quantitative estimate of drug-likeness (QED) is 0.649. The fourth-order valence-electron chi connectivity index (χ4n) is 2.76. The summed E-state index contributed by atoms with van der Waals surface area (Å²) in [4.78, 5) is 26.5. The van der Waals surface area contributed by atoms with Gasteiger partial charge in [-0.1, -0.05) is 5.16 Å². The van der Waals surface area contributed by atoms with Crippen LogP contribution >= 0.6 is 0 Å². The van der Waals surface area contributed by atoms with Gasteiger partial charge in [0.25, 0.3) is 5.69 Å². The molecule has 1 N–H and O–H groups in total. The number of nitro benzene ring substituents is 1. The van der Waals surface area contributed by atoms with Crippen LogP contribution in [0.25, 0.3) is 0 Å². The second kappa shape index (κ2) is 7.31. The number of nitrogens with one attached hydrogen (secondary N) is 1. The van der Waals surface area contributed by atoms with Crippen LogP contribution < -0.4 is 10.2 Å². The molecule has 0 unspecified atom stereocenters. The van der Waals surface area contributed by atoms with Crippen molar-refractivity contribution in [3.05, 3.63) is 46.2 Å². The van der Waals surface area contributed by atoms with Crippen LogP contribution in [-0.2, 0) is 4.79 Å². The van der Waals surface area contributed by atoms with Gasteiger partial charge in [0.1, 0.15) is 5.76 Å². The molecule has 0 atom stereocenters. The number of anilines is 2. The Balaban J connectivity index is 1.48. The number of hydrogen-bond donors (Lipinski definition) is 1. The first-order valence-corrected chi connectivity index (χ1v) is 7.96. The molecule has 9 heteroatoms. The van der Waals surface area contributed by atoms with Gasteiger partial charge in [0, 0.05) is 50.1 Å². The lowest BCUT2D eigenvalue weighted by atomic mass is 10.2. The van der Waals surface area contributed by atoms with E-state index in [0.29, 0.717) is 18.1 Å². The van der Waals surface area contributed by atoms with Crippen LogP contribution in [-0.4, -0.2) is 53.6 Å². The zero-order valence-corrected chi connectivity index (χ0v) is 13.8. The van der Waals surface area contributed by atoms with Crippen LogP contribution in [0.1, 0.15) is 5.76 Å². The lowest BCUT2D eigenvalue weighted by molar-refractivity contribution is -0.384. The Morgan fingerprint density at radius 3 is 2.52 bits per heavy atom. The molecule has 1 amide bonds. The van der Waals surface area contributed by atoms with Crippen molar-refractivity contribution in [3.63, 3.8) is 0 Å². The molecule has 1 aliphatic rings. The Hall–Kier alpha value is -2.94. The van der Waals surface area contributed by atoms with E-state index < -0.39 is 4.92 Å². The van der Waals surface area contributed by atoms with E-state index >= 15 is 0 Å². The van der Waals surface area contributed by atoms with E-state index in [-0.39, 0.29) is 11.6 Å². The Morgan fingerprint density at radius 1 is 1.28 bits per heavy atom. The Labute approximate surface area is 144 Å². The highest BCUT2D eigenvalue weighted by atomic mass is 16.6. The van der Waals surface area contributed by atoms with Gasteiger partial charge in [0.15, 0.2) is 5.82 Å². The van der Waals surface area contributed by atoms with Gasteiger partial charge in [-0.05, 0) is 19.1 Å². The van der Waals surface area contributed by atoms with Crippen LogP contribution in [0, 0.1) is 17.0 Å². The molecule has 9 nitrogen and oxygen atoms in total. The van der Waals surface area contributed by atoms with Gasteiger partial charge in [0.2, 0.25) is 5.91 Å². The molecule has 2 heterocycles. The Bertz CT molecular complexity index is 750. The Morgan fingerprint density at radius 2 is 1.96 bits per heavy atom. The molecule has 1 fully saturated rings. The summed E-state index contributed by atoms with van der Waals surface area (Å²) < 4.78 is 4.91. The summed E-state index contributed by atoms with van der Waals surface area (Å²) in [5, 5.41) is 17.1. The third-order valence-electron chi connectivity index (χ3n) is 4.06. The SMILES string of the molecule is Cc1cc(NC(=O)CN2CCN(c3ccc([N+](=O)[O-])cc3)CC2)no1. The minimum absolute atomic E-state index is 0.0853. The lowest BCUT2D eigenvalue weighted by Crippen LogP contribution is -2.48. The standard InChI is InChI=1S/C16H19N5O4/c1-12-10-15(18-25-12)17-16(22)11-19-6-8-20(9-7-19)13-2-4-14(5-3-13)21(23)24/h2-5,10H,6-9,11H2,1H3,(H,17,18,22). The number of piperazine rings is 1. The fourth-order valence-corrected chi connectivity index (χ4v) is 2.76. The number of nitrogens with zero attached hydrogens (tertiary/aromatic N) is 4. The number of aromatic nitrogens is 1. The van der Waals surface area contributed by atoms with Gasteiger partial charge >= 0.3 is 0 Å². The topological polar surface area (TPSA) is 105 Å². The van der Waals surface area contributed by atoms with Gasteiger partial charge < -0.3 is 14.7 Å². The summed E-state index contributed by atoms with van der Waals surface area (Å²) >= 11 is 0. The smallest absolute Gasteiger partial charge is 0.269 e. The first-order valence-electron chi connectivity index (χ1n) is 7.96. The molecule has 0 bridgehead atoms. The van der Waals surface area contributed by atoms with E-state index in [9.17, 15) is 14.9 Å². The molecular weight excluding hydrogens is 326 g/mol. The lowest BCUT2D eigenvalue weighted by Gasteiger charge is -2.35. The van der Waals surface area contributed by atoms with Crippen molar-refractivity contribution in [2.75, 3.05) is 42.9 Å². The second-order valence-electron chi connectivity index (χ2n) is 5.91. The van der Waals surface area contributed by atoms with E-state index in [1.165, 1.54) is 12.1 Å². The maximum atomic E-state index is 12.0. The third kappa shape index (κ3) is 4.32. The van der Waals surface area contributed by atoms with Crippen molar-refractivity contribution in [3.8, 4) is 0 Å². The minimum atomic E-state index is -0.406. The van der Waals surface area contributed by atoms with Crippen molar-refractivity contribution >= 4 is 23.1 Å². The summed E-state index contributed by atoms with van der Waals surface area (Å²) in [6.45, 7) is 5.05. The van der Waals surface area contributed by atoms with E-state index in [1.807, 2.05) is 0 Å². The molecule has 0 aliphatic carbocycles. The van der Waals surface area contributed by atoms with Gasteiger partial charge in [-0.15, -0.1) is 0 Å². The van der Waals surface area contributed by atoms with Crippen LogP contribution in [0.15, 0.2) is 34.9 Å². The number of carbonyl (C=O) groups excluding carboxylic acids is 1. The molecule has 0 saturated carbocycles. The van der Waals surface area contributed by atoms with Crippen LogP contribution in [0.5, 0.6) is 0 Å². The number of aryl methyl sites for hydroxylation is 1. The van der Waals surface area contributed by atoms with Gasteiger partial charge in [-0.2, -0.15) is 0 Å². The molecule has 1 aromatic carbocycles. The molecule has 3 rings (SSSR count). The first kappa shape index (κ1) is 16.9. The molecule has 2 aromatic rings. The van der Waals surface area contributed by atoms with E-state index in [0.717, 1.165) is 31.9 Å². The highest BCUT2D eigenvalue weighted by Gasteiger charge is 2.20. The number of nitro groups is 1. The highest BCUT2D eigenvalue weighted by Crippen LogP contribution is 2.20. The van der Waals surface area contributed by atoms with E-state index in [2.05, 4.69) is 20.3 Å². The number of carbonyl (C=O) groups is 1. The highest BCUT2D eigenvalue weighted by molar-refractivity contribution is 5.91. The largest absolute Gasteiger partial charge is 0.369 e. The molecule has 0 radical (unpaired) electrons. The first-order chi connectivity index (χ1) is 12.0. The number of hydrogen-bond acceptors (Lipinski definition) is 7. The van der Waals surface area contributed by atoms with Crippen LogP contribution in [0.3, 0.4) is 0 Å². The fraction of sp³-hybridized carbons (Fsp3) is 0.375. The molecule has 132 valence electrons. The van der Waals surface area contributed by atoms with Crippen molar-refractivity contribution in [1.29, 1.82) is 0 Å². The van der Waals surface area contributed by atoms with Crippen molar-refractivity contribution in [1.82, 2.24) is 10.1 Å². The van der Waals surface area contributed by atoms with Crippen LogP contribution in [0.2, 0.25) is 0 Å². The molecule has 1 aromatic heterocycles. The number of benzene rings is 1. The minimum Gasteiger partial charge on any atom is -0.369 e. The van der Waals surface area contributed by atoms with Crippen molar-refractivity contribution in [2.45, 2.75) is 6.92 Å². The third-order valence-corrected chi connectivity index (χ3v) is 4.06. The average Bonchev–Trinajstić information content (AvgIpc) is 3.00. The van der Waals surface area contributed by atoms with Crippen molar-refractivity contribution in [2.24, 2.45) is 0 Å². The predicted octanol–water partition coefficient (Wildman–Crippen LogP) is 1.65. The summed E-state index contributed by atoms with van der Waals surface area (Å²) in [7, 11) is 0. The van der Waals surface area contributed by atoms with Crippen molar-refractivity contribution < 1.29 is 14.2 Å².